The summed E-state index contributed by atoms with van der Waals surface area (Å²) < 4.78 is 5.62. The molecular formula is C16H20N2O. The van der Waals surface area contributed by atoms with Gasteiger partial charge in [0.2, 0.25) is 0 Å². The van der Waals surface area contributed by atoms with Crippen LogP contribution in [0.2, 0.25) is 0 Å². The normalized spacial score (nSPS) is 14.0. The highest BCUT2D eigenvalue weighted by molar-refractivity contribution is 5.19. The van der Waals surface area contributed by atoms with Gasteiger partial charge in [-0.1, -0.05) is 60.7 Å². The van der Waals surface area contributed by atoms with Crippen molar-refractivity contribution in [3.8, 4) is 0 Å². The van der Waals surface area contributed by atoms with Crippen LogP contribution in [0.3, 0.4) is 0 Å². The molecule has 0 saturated heterocycles. The Kier molecular flexibility index (Phi) is 5.10. The predicted octanol–water partition coefficient (Wildman–Crippen LogP) is 2.40. The van der Waals surface area contributed by atoms with Crippen LogP contribution in [-0.2, 0) is 4.74 Å². The van der Waals surface area contributed by atoms with Crippen molar-refractivity contribution >= 4 is 0 Å². The number of rotatable bonds is 6. The van der Waals surface area contributed by atoms with E-state index in [1.807, 2.05) is 60.7 Å². The van der Waals surface area contributed by atoms with E-state index in [1.54, 1.807) is 0 Å². The Balaban J connectivity index is 1.78. The van der Waals surface area contributed by atoms with Gasteiger partial charge in [0.1, 0.15) is 0 Å². The zero-order chi connectivity index (χ0) is 13.5. The summed E-state index contributed by atoms with van der Waals surface area (Å²) >= 11 is 0. The number of hydrogen-bond donors (Lipinski definition) is 2. The number of benzene rings is 2. The SMILES string of the molecule is NC(COCC(N)c1ccccc1)c1ccccc1. The molecule has 0 bridgehead atoms. The second kappa shape index (κ2) is 7.04. The van der Waals surface area contributed by atoms with E-state index in [2.05, 4.69) is 0 Å². The lowest BCUT2D eigenvalue weighted by molar-refractivity contribution is 0.109. The van der Waals surface area contributed by atoms with Crippen LogP contribution in [0.1, 0.15) is 23.2 Å². The minimum Gasteiger partial charge on any atom is -0.378 e. The lowest BCUT2D eigenvalue weighted by Gasteiger charge is -2.16. The molecule has 2 aromatic carbocycles. The van der Waals surface area contributed by atoms with Crippen LogP contribution in [0.5, 0.6) is 0 Å². The molecule has 0 aliphatic rings. The monoisotopic (exact) mass is 256 g/mol. The molecule has 0 spiro atoms. The highest BCUT2D eigenvalue weighted by atomic mass is 16.5. The standard InChI is InChI=1S/C16H20N2O/c17-15(13-7-3-1-4-8-13)11-19-12-16(18)14-9-5-2-6-10-14/h1-10,15-16H,11-12,17-18H2. The fourth-order valence-corrected chi connectivity index (χ4v) is 1.91. The van der Waals surface area contributed by atoms with E-state index in [1.165, 1.54) is 0 Å². The van der Waals surface area contributed by atoms with Crippen molar-refractivity contribution in [2.24, 2.45) is 11.5 Å². The Morgan fingerprint density at radius 1 is 0.684 bits per heavy atom. The first-order chi connectivity index (χ1) is 9.27. The number of ether oxygens (including phenoxy) is 1. The predicted molar refractivity (Wildman–Crippen MR) is 77.6 cm³/mol. The Hall–Kier alpha value is -1.68. The Labute approximate surface area is 114 Å². The smallest absolute Gasteiger partial charge is 0.0660 e. The van der Waals surface area contributed by atoms with E-state index < -0.39 is 0 Å². The van der Waals surface area contributed by atoms with Gasteiger partial charge in [-0.25, -0.2) is 0 Å². The fourth-order valence-electron chi connectivity index (χ4n) is 1.91. The largest absolute Gasteiger partial charge is 0.378 e. The second-order valence-corrected chi connectivity index (χ2v) is 4.57. The Morgan fingerprint density at radius 2 is 1.05 bits per heavy atom. The molecule has 0 aliphatic heterocycles. The molecule has 2 unspecified atom stereocenters. The van der Waals surface area contributed by atoms with Crippen molar-refractivity contribution in [1.29, 1.82) is 0 Å². The highest BCUT2D eigenvalue weighted by Gasteiger charge is 2.08. The van der Waals surface area contributed by atoms with Crippen LogP contribution in [-0.4, -0.2) is 13.2 Å². The molecule has 2 rings (SSSR count). The van der Waals surface area contributed by atoms with Crippen LogP contribution in [0.25, 0.3) is 0 Å². The maximum atomic E-state index is 6.05. The first-order valence-corrected chi connectivity index (χ1v) is 6.46. The summed E-state index contributed by atoms with van der Waals surface area (Å²) in [5.74, 6) is 0. The van der Waals surface area contributed by atoms with Crippen LogP contribution < -0.4 is 11.5 Å². The van der Waals surface area contributed by atoms with Gasteiger partial charge >= 0.3 is 0 Å². The van der Waals surface area contributed by atoms with Crippen LogP contribution in [0.15, 0.2) is 60.7 Å². The molecule has 3 nitrogen and oxygen atoms in total. The molecular weight excluding hydrogens is 236 g/mol. The Bertz CT molecular complexity index is 427. The third-order valence-corrected chi connectivity index (χ3v) is 3.05. The summed E-state index contributed by atoms with van der Waals surface area (Å²) in [6.45, 7) is 0.953. The van der Waals surface area contributed by atoms with Crippen LogP contribution in [0, 0.1) is 0 Å². The minimum atomic E-state index is -0.107. The van der Waals surface area contributed by atoms with Crippen molar-refractivity contribution in [2.45, 2.75) is 12.1 Å². The van der Waals surface area contributed by atoms with E-state index in [0.717, 1.165) is 11.1 Å². The summed E-state index contributed by atoms with van der Waals surface area (Å²) in [7, 11) is 0. The molecule has 0 aliphatic carbocycles. The van der Waals surface area contributed by atoms with Crippen molar-refractivity contribution in [3.05, 3.63) is 71.8 Å². The van der Waals surface area contributed by atoms with Gasteiger partial charge in [0.25, 0.3) is 0 Å². The average Bonchev–Trinajstić information content (AvgIpc) is 2.49. The van der Waals surface area contributed by atoms with Crippen molar-refractivity contribution < 1.29 is 4.74 Å². The molecule has 0 saturated carbocycles. The third kappa shape index (κ3) is 4.17. The van der Waals surface area contributed by atoms with Gasteiger partial charge in [0, 0.05) is 0 Å². The molecule has 2 atom stereocenters. The average molecular weight is 256 g/mol. The lowest BCUT2D eigenvalue weighted by atomic mass is 10.1. The minimum absolute atomic E-state index is 0.107. The van der Waals surface area contributed by atoms with Crippen molar-refractivity contribution in [3.63, 3.8) is 0 Å². The van der Waals surface area contributed by atoms with Crippen molar-refractivity contribution in [1.82, 2.24) is 0 Å². The van der Waals surface area contributed by atoms with Crippen LogP contribution >= 0.6 is 0 Å². The van der Waals surface area contributed by atoms with Gasteiger partial charge in [0.05, 0.1) is 25.3 Å². The lowest BCUT2D eigenvalue weighted by Crippen LogP contribution is -2.22. The zero-order valence-electron chi connectivity index (χ0n) is 10.9. The highest BCUT2D eigenvalue weighted by Crippen LogP contribution is 2.12. The van der Waals surface area contributed by atoms with E-state index in [4.69, 9.17) is 16.2 Å². The summed E-state index contributed by atoms with van der Waals surface area (Å²) in [6.07, 6.45) is 0. The first-order valence-electron chi connectivity index (χ1n) is 6.46. The van der Waals surface area contributed by atoms with Gasteiger partial charge in [-0.15, -0.1) is 0 Å². The van der Waals surface area contributed by atoms with Gasteiger partial charge in [-0.2, -0.15) is 0 Å². The molecule has 0 aromatic heterocycles. The van der Waals surface area contributed by atoms with Gasteiger partial charge in [-0.3, -0.25) is 0 Å². The molecule has 4 N–H and O–H groups in total. The van der Waals surface area contributed by atoms with Gasteiger partial charge in [-0.05, 0) is 11.1 Å². The molecule has 19 heavy (non-hydrogen) atoms. The Morgan fingerprint density at radius 3 is 1.42 bits per heavy atom. The quantitative estimate of drug-likeness (QED) is 0.834. The fraction of sp³-hybridized carbons (Fsp3) is 0.250. The molecule has 3 heteroatoms. The topological polar surface area (TPSA) is 61.3 Å². The first kappa shape index (κ1) is 13.7. The number of nitrogens with two attached hydrogens (primary N) is 2. The van der Waals surface area contributed by atoms with Crippen molar-refractivity contribution in [2.75, 3.05) is 13.2 Å². The maximum Gasteiger partial charge on any atom is 0.0660 e. The number of hydrogen-bond acceptors (Lipinski definition) is 3. The molecule has 0 heterocycles. The summed E-state index contributed by atoms with van der Waals surface area (Å²) in [4.78, 5) is 0. The van der Waals surface area contributed by atoms with Crippen LogP contribution in [0.4, 0.5) is 0 Å². The maximum absolute atomic E-state index is 6.05. The second-order valence-electron chi connectivity index (χ2n) is 4.57. The molecule has 0 radical (unpaired) electrons. The summed E-state index contributed by atoms with van der Waals surface area (Å²) in [6, 6.07) is 19.7. The third-order valence-electron chi connectivity index (χ3n) is 3.05. The van der Waals surface area contributed by atoms with Gasteiger partial charge in [0.15, 0.2) is 0 Å². The van der Waals surface area contributed by atoms with E-state index in [0.29, 0.717) is 13.2 Å². The molecule has 100 valence electrons. The summed E-state index contributed by atoms with van der Waals surface area (Å²) in [5.41, 5.74) is 14.3. The summed E-state index contributed by atoms with van der Waals surface area (Å²) in [5, 5.41) is 0. The van der Waals surface area contributed by atoms with E-state index >= 15 is 0 Å². The van der Waals surface area contributed by atoms with E-state index in [-0.39, 0.29) is 12.1 Å². The molecule has 0 amide bonds. The molecule has 0 fully saturated rings. The molecule has 2 aromatic rings. The van der Waals surface area contributed by atoms with Gasteiger partial charge < -0.3 is 16.2 Å². The van der Waals surface area contributed by atoms with E-state index in [9.17, 15) is 0 Å². The zero-order valence-corrected chi connectivity index (χ0v) is 10.9.